The Morgan fingerprint density at radius 3 is 2.91 bits per heavy atom. The van der Waals surface area contributed by atoms with Gasteiger partial charge < -0.3 is 10.6 Å². The standard InChI is InChI=1S/C15H20N8/c1-3-9(2)18-15-17-8-10-13(21-15)19-11-6-4-5-7-12(11)20-14(10)22-23-16/h4-9,23H,3,16H2,1-2H3,(H,20,22)(H2,17,18,19,21). The fourth-order valence-corrected chi connectivity index (χ4v) is 2.19. The van der Waals surface area contributed by atoms with Crippen molar-refractivity contribution in [3.05, 3.63) is 36.0 Å². The van der Waals surface area contributed by atoms with Crippen molar-refractivity contribution in [1.82, 2.24) is 20.9 Å². The second kappa shape index (κ2) is 6.59. The number of hydrogen-bond acceptors (Lipinski definition) is 8. The molecule has 0 spiro atoms. The summed E-state index contributed by atoms with van der Waals surface area (Å²) in [4.78, 5) is 13.5. The van der Waals surface area contributed by atoms with Crippen molar-refractivity contribution in [2.75, 3.05) is 10.6 Å². The first-order valence-electron chi connectivity index (χ1n) is 7.51. The highest BCUT2D eigenvalue weighted by Crippen LogP contribution is 2.32. The van der Waals surface area contributed by atoms with Crippen LogP contribution in [0.25, 0.3) is 0 Å². The van der Waals surface area contributed by atoms with E-state index in [4.69, 9.17) is 5.84 Å². The molecular weight excluding hydrogens is 292 g/mol. The minimum atomic E-state index is 0.295. The van der Waals surface area contributed by atoms with E-state index in [0.29, 0.717) is 23.6 Å². The number of para-hydroxylation sites is 2. The van der Waals surface area contributed by atoms with E-state index >= 15 is 0 Å². The zero-order chi connectivity index (χ0) is 16.2. The molecule has 0 saturated heterocycles. The summed E-state index contributed by atoms with van der Waals surface area (Å²) in [7, 11) is 0. The Morgan fingerprint density at radius 2 is 2.13 bits per heavy atom. The van der Waals surface area contributed by atoms with Gasteiger partial charge in [0.1, 0.15) is 5.82 Å². The molecular formula is C15H20N8. The van der Waals surface area contributed by atoms with Crippen LogP contribution in [-0.4, -0.2) is 21.8 Å². The zero-order valence-corrected chi connectivity index (χ0v) is 13.1. The van der Waals surface area contributed by atoms with Crippen LogP contribution >= 0.6 is 0 Å². The summed E-state index contributed by atoms with van der Waals surface area (Å²) in [6.45, 7) is 4.20. The molecule has 1 atom stereocenters. The molecule has 8 nitrogen and oxygen atoms in total. The normalized spacial score (nSPS) is 13.8. The Balaban J connectivity index is 2.03. The molecule has 1 aromatic heterocycles. The molecule has 0 radical (unpaired) electrons. The number of aromatic nitrogens is 2. The third kappa shape index (κ3) is 3.22. The molecule has 0 fully saturated rings. The number of rotatable bonds is 4. The maximum absolute atomic E-state index is 5.39. The first kappa shape index (κ1) is 15.2. The molecule has 8 heteroatoms. The number of anilines is 3. The van der Waals surface area contributed by atoms with Crippen molar-refractivity contribution < 1.29 is 0 Å². The van der Waals surface area contributed by atoms with Crippen molar-refractivity contribution in [3.63, 3.8) is 0 Å². The molecule has 120 valence electrons. The van der Waals surface area contributed by atoms with Crippen LogP contribution in [0.5, 0.6) is 0 Å². The number of aliphatic imine (C=N–C) groups is 1. The van der Waals surface area contributed by atoms with Gasteiger partial charge in [-0.2, -0.15) is 10.5 Å². The topological polar surface area (TPSA) is 112 Å². The fourth-order valence-electron chi connectivity index (χ4n) is 2.19. The Labute approximate surface area is 134 Å². The summed E-state index contributed by atoms with van der Waals surface area (Å²) >= 11 is 0. The van der Waals surface area contributed by atoms with E-state index in [1.165, 1.54) is 0 Å². The van der Waals surface area contributed by atoms with Gasteiger partial charge in [0, 0.05) is 12.2 Å². The molecule has 2 heterocycles. The minimum absolute atomic E-state index is 0.295. The van der Waals surface area contributed by atoms with Crippen LogP contribution in [0.3, 0.4) is 0 Å². The maximum atomic E-state index is 5.39. The molecule has 0 bridgehead atoms. The lowest BCUT2D eigenvalue weighted by Crippen LogP contribution is -2.42. The van der Waals surface area contributed by atoms with Crippen molar-refractivity contribution in [3.8, 4) is 0 Å². The lowest BCUT2D eigenvalue weighted by atomic mass is 10.2. The summed E-state index contributed by atoms with van der Waals surface area (Å²) in [5.41, 5.74) is 7.64. The van der Waals surface area contributed by atoms with Gasteiger partial charge in [0.05, 0.1) is 16.9 Å². The summed E-state index contributed by atoms with van der Waals surface area (Å²) in [6, 6.07) is 8.03. The first-order valence-corrected chi connectivity index (χ1v) is 7.51. The largest absolute Gasteiger partial charge is 0.352 e. The van der Waals surface area contributed by atoms with E-state index in [1.807, 2.05) is 24.3 Å². The lowest BCUT2D eigenvalue weighted by Gasteiger charge is -2.14. The molecule has 0 aliphatic carbocycles. The number of hydrogen-bond donors (Lipinski definition) is 5. The number of benzene rings is 1. The monoisotopic (exact) mass is 312 g/mol. The van der Waals surface area contributed by atoms with Gasteiger partial charge in [-0.1, -0.05) is 19.1 Å². The van der Waals surface area contributed by atoms with Crippen molar-refractivity contribution in [1.29, 1.82) is 0 Å². The molecule has 2 aromatic rings. The number of nitrogens with one attached hydrogen (secondary N) is 4. The summed E-state index contributed by atoms with van der Waals surface area (Å²) in [5.74, 6) is 7.17. The molecule has 1 aliphatic heterocycles. The predicted octanol–water partition coefficient (Wildman–Crippen LogP) is 1.79. The van der Waals surface area contributed by atoms with Gasteiger partial charge in [0.25, 0.3) is 0 Å². The van der Waals surface area contributed by atoms with Crippen LogP contribution in [0, 0.1) is 0 Å². The van der Waals surface area contributed by atoms with Crippen LogP contribution in [0.15, 0.2) is 35.5 Å². The first-order chi connectivity index (χ1) is 11.2. The average Bonchev–Trinajstić information content (AvgIpc) is 2.71. The van der Waals surface area contributed by atoms with Crippen molar-refractivity contribution in [2.24, 2.45) is 10.8 Å². The Morgan fingerprint density at radius 1 is 1.30 bits per heavy atom. The molecule has 6 N–H and O–H groups in total. The van der Waals surface area contributed by atoms with E-state index < -0.39 is 0 Å². The fraction of sp³-hybridized carbons (Fsp3) is 0.267. The SMILES string of the molecule is CCC(C)Nc1ncc2c(n1)Nc1ccccc1N=C2NNN. The van der Waals surface area contributed by atoms with Gasteiger partial charge in [0.15, 0.2) is 5.84 Å². The van der Waals surface area contributed by atoms with E-state index in [0.717, 1.165) is 23.4 Å². The summed E-state index contributed by atoms with van der Waals surface area (Å²) < 4.78 is 0. The van der Waals surface area contributed by atoms with Crippen LogP contribution in [-0.2, 0) is 0 Å². The number of nitrogens with two attached hydrogens (primary N) is 1. The van der Waals surface area contributed by atoms with Crippen LogP contribution in [0.4, 0.5) is 23.1 Å². The van der Waals surface area contributed by atoms with Crippen molar-refractivity contribution >= 4 is 29.0 Å². The average molecular weight is 312 g/mol. The van der Waals surface area contributed by atoms with E-state index in [-0.39, 0.29) is 0 Å². The van der Waals surface area contributed by atoms with Gasteiger partial charge in [-0.05, 0) is 25.5 Å². The number of fused-ring (bicyclic) bond motifs is 2. The second-order valence-corrected chi connectivity index (χ2v) is 5.28. The highest BCUT2D eigenvalue weighted by Gasteiger charge is 2.18. The maximum Gasteiger partial charge on any atom is 0.224 e. The molecule has 3 rings (SSSR count). The summed E-state index contributed by atoms with van der Waals surface area (Å²) in [6.07, 6.45) is 2.71. The van der Waals surface area contributed by atoms with Gasteiger partial charge >= 0.3 is 0 Å². The van der Waals surface area contributed by atoms with Crippen LogP contribution in [0.2, 0.25) is 0 Å². The Hall–Kier alpha value is -2.71. The molecule has 1 aliphatic rings. The highest BCUT2D eigenvalue weighted by atomic mass is 15.5. The van der Waals surface area contributed by atoms with Gasteiger partial charge in [-0.25, -0.2) is 9.98 Å². The second-order valence-electron chi connectivity index (χ2n) is 5.28. The van der Waals surface area contributed by atoms with Crippen molar-refractivity contribution in [2.45, 2.75) is 26.3 Å². The van der Waals surface area contributed by atoms with Gasteiger partial charge in [-0.3, -0.25) is 11.3 Å². The molecule has 1 aromatic carbocycles. The van der Waals surface area contributed by atoms with Crippen LogP contribution in [0.1, 0.15) is 25.8 Å². The molecule has 0 saturated carbocycles. The molecule has 1 unspecified atom stereocenters. The van der Waals surface area contributed by atoms with E-state index in [9.17, 15) is 0 Å². The number of nitrogens with zero attached hydrogens (tertiary/aromatic N) is 3. The predicted molar refractivity (Wildman–Crippen MR) is 91.8 cm³/mol. The third-order valence-corrected chi connectivity index (χ3v) is 3.61. The number of amidine groups is 1. The smallest absolute Gasteiger partial charge is 0.224 e. The lowest BCUT2D eigenvalue weighted by molar-refractivity contribution is 0.696. The molecule has 0 amide bonds. The Kier molecular flexibility index (Phi) is 4.35. The highest BCUT2D eigenvalue weighted by molar-refractivity contribution is 6.06. The van der Waals surface area contributed by atoms with E-state index in [1.54, 1.807) is 6.20 Å². The number of hydrazine groups is 2. The molecule has 23 heavy (non-hydrogen) atoms. The Bertz CT molecular complexity index is 727. The zero-order valence-electron chi connectivity index (χ0n) is 13.1. The van der Waals surface area contributed by atoms with Crippen LogP contribution < -0.4 is 27.4 Å². The third-order valence-electron chi connectivity index (χ3n) is 3.61. The quantitative estimate of drug-likeness (QED) is 0.432. The van der Waals surface area contributed by atoms with Gasteiger partial charge in [0.2, 0.25) is 5.95 Å². The van der Waals surface area contributed by atoms with Gasteiger partial charge in [-0.15, -0.1) is 0 Å². The van der Waals surface area contributed by atoms with E-state index in [2.05, 4.69) is 50.4 Å². The summed E-state index contributed by atoms with van der Waals surface area (Å²) in [5, 5.41) is 6.58. The minimum Gasteiger partial charge on any atom is -0.352 e.